The number of anilines is 1. The second-order valence-electron chi connectivity index (χ2n) is 5.64. The Hall–Kier alpha value is -3.27. The van der Waals surface area contributed by atoms with Crippen LogP contribution in [-0.2, 0) is 0 Å². The third-order valence-corrected chi connectivity index (χ3v) is 3.92. The van der Waals surface area contributed by atoms with Crippen molar-refractivity contribution in [3.8, 4) is 0 Å². The van der Waals surface area contributed by atoms with Gasteiger partial charge in [-0.1, -0.05) is 48.5 Å². The number of hydrogen-bond acceptors (Lipinski definition) is 4. The molecule has 0 saturated carbocycles. The Morgan fingerprint density at radius 2 is 1.40 bits per heavy atom. The third-order valence-electron chi connectivity index (χ3n) is 3.92. The van der Waals surface area contributed by atoms with E-state index < -0.39 is 5.92 Å². The zero-order valence-electron chi connectivity index (χ0n) is 13.6. The summed E-state index contributed by atoms with van der Waals surface area (Å²) in [5, 5.41) is 3.18. The maximum atomic E-state index is 12.9. The van der Waals surface area contributed by atoms with Crippen molar-refractivity contribution in [2.24, 2.45) is 5.92 Å². The number of aromatic nitrogens is 1. The molecule has 1 aromatic heterocycles. The van der Waals surface area contributed by atoms with Crippen LogP contribution in [0, 0.1) is 5.92 Å². The van der Waals surface area contributed by atoms with Crippen LogP contribution in [-0.4, -0.2) is 23.1 Å². The highest BCUT2D eigenvalue weighted by Gasteiger charge is 2.28. The van der Waals surface area contributed by atoms with E-state index in [1.165, 1.54) is 6.20 Å². The van der Waals surface area contributed by atoms with Crippen LogP contribution in [0.4, 0.5) is 5.69 Å². The molecule has 0 aliphatic heterocycles. The normalized spacial score (nSPS) is 11.5. The molecule has 1 heterocycles. The molecule has 1 atom stereocenters. The summed E-state index contributed by atoms with van der Waals surface area (Å²) < 4.78 is 0. The Labute approximate surface area is 146 Å². The van der Waals surface area contributed by atoms with Gasteiger partial charge in [-0.2, -0.15) is 0 Å². The van der Waals surface area contributed by atoms with Gasteiger partial charge >= 0.3 is 0 Å². The first-order valence-electron chi connectivity index (χ1n) is 8.08. The molecule has 4 heteroatoms. The first-order valence-corrected chi connectivity index (χ1v) is 8.08. The minimum Gasteiger partial charge on any atom is -0.384 e. The second-order valence-corrected chi connectivity index (χ2v) is 5.64. The third kappa shape index (κ3) is 4.18. The lowest BCUT2D eigenvalue weighted by Gasteiger charge is -2.16. The molecule has 25 heavy (non-hydrogen) atoms. The van der Waals surface area contributed by atoms with Gasteiger partial charge in [0.25, 0.3) is 0 Å². The number of Topliss-reactive ketones (excluding diaryl/α,β-unsaturated/α-hetero) is 2. The van der Waals surface area contributed by atoms with Gasteiger partial charge in [0, 0.05) is 35.8 Å². The van der Waals surface area contributed by atoms with Crippen LogP contribution in [0.25, 0.3) is 0 Å². The van der Waals surface area contributed by atoms with Gasteiger partial charge in [0.15, 0.2) is 11.6 Å². The molecule has 0 aliphatic carbocycles. The highest BCUT2D eigenvalue weighted by molar-refractivity contribution is 6.16. The second kappa shape index (κ2) is 8.02. The van der Waals surface area contributed by atoms with E-state index in [0.29, 0.717) is 11.1 Å². The van der Waals surface area contributed by atoms with Gasteiger partial charge in [0.1, 0.15) is 5.92 Å². The Balaban J connectivity index is 1.85. The largest absolute Gasteiger partial charge is 0.384 e. The predicted molar refractivity (Wildman–Crippen MR) is 97.8 cm³/mol. The van der Waals surface area contributed by atoms with E-state index in [1.54, 1.807) is 42.6 Å². The fourth-order valence-electron chi connectivity index (χ4n) is 2.59. The van der Waals surface area contributed by atoms with Crippen molar-refractivity contribution in [2.75, 3.05) is 11.9 Å². The number of nitrogens with one attached hydrogen (secondary N) is 1. The van der Waals surface area contributed by atoms with E-state index in [0.717, 1.165) is 5.69 Å². The van der Waals surface area contributed by atoms with E-state index in [4.69, 9.17) is 0 Å². The van der Waals surface area contributed by atoms with Crippen molar-refractivity contribution in [3.05, 3.63) is 96.3 Å². The zero-order chi connectivity index (χ0) is 17.5. The molecule has 0 spiro atoms. The highest BCUT2D eigenvalue weighted by atomic mass is 16.2. The number of pyridine rings is 1. The summed E-state index contributed by atoms with van der Waals surface area (Å²) in [6, 6.07) is 21.8. The molecule has 3 aromatic rings. The molecule has 0 saturated heterocycles. The topological polar surface area (TPSA) is 59.1 Å². The van der Waals surface area contributed by atoms with Gasteiger partial charge in [0.2, 0.25) is 0 Å². The van der Waals surface area contributed by atoms with Crippen LogP contribution in [0.2, 0.25) is 0 Å². The van der Waals surface area contributed by atoms with Crippen LogP contribution >= 0.6 is 0 Å². The predicted octanol–water partition coefficient (Wildman–Crippen LogP) is 3.88. The van der Waals surface area contributed by atoms with Crippen LogP contribution in [0.1, 0.15) is 20.7 Å². The molecule has 124 valence electrons. The van der Waals surface area contributed by atoms with Crippen molar-refractivity contribution >= 4 is 17.3 Å². The van der Waals surface area contributed by atoms with E-state index in [2.05, 4.69) is 10.3 Å². The Morgan fingerprint density at radius 3 is 2.04 bits per heavy atom. The van der Waals surface area contributed by atoms with E-state index in [1.807, 2.05) is 36.4 Å². The molecule has 4 nitrogen and oxygen atoms in total. The number of carbonyl (C=O) groups excluding carboxylic acids is 2. The van der Waals surface area contributed by atoms with E-state index in [9.17, 15) is 9.59 Å². The summed E-state index contributed by atoms with van der Waals surface area (Å²) in [7, 11) is 0. The summed E-state index contributed by atoms with van der Waals surface area (Å²) >= 11 is 0. The first-order chi connectivity index (χ1) is 12.3. The summed E-state index contributed by atoms with van der Waals surface area (Å²) in [6.07, 6.45) is 3.10. The van der Waals surface area contributed by atoms with Gasteiger partial charge in [-0.3, -0.25) is 14.6 Å². The minimum atomic E-state index is -0.813. The monoisotopic (exact) mass is 330 g/mol. The molecular weight excluding hydrogens is 312 g/mol. The number of benzene rings is 2. The molecule has 0 fully saturated rings. The van der Waals surface area contributed by atoms with Crippen LogP contribution in [0.3, 0.4) is 0 Å². The smallest absolute Gasteiger partial charge is 0.177 e. The van der Waals surface area contributed by atoms with Crippen LogP contribution in [0.15, 0.2) is 85.2 Å². The van der Waals surface area contributed by atoms with Crippen molar-refractivity contribution < 1.29 is 9.59 Å². The Kier molecular flexibility index (Phi) is 5.32. The SMILES string of the molecule is O=C(c1ccccc1)C(CNc1ccccc1)C(=O)c1cccnc1. The number of para-hydroxylation sites is 1. The van der Waals surface area contributed by atoms with Gasteiger partial charge in [-0.25, -0.2) is 0 Å². The number of rotatable bonds is 7. The Morgan fingerprint density at radius 1 is 0.800 bits per heavy atom. The van der Waals surface area contributed by atoms with Gasteiger partial charge in [-0.05, 0) is 24.3 Å². The first kappa shape index (κ1) is 16.6. The standard InChI is InChI=1S/C21H18N2O2/c24-20(16-8-3-1-4-9-16)19(15-23-18-11-5-2-6-12-18)21(25)17-10-7-13-22-14-17/h1-14,19,23H,15H2. The lowest BCUT2D eigenvalue weighted by Crippen LogP contribution is -2.31. The van der Waals surface area contributed by atoms with Crippen molar-refractivity contribution in [1.29, 1.82) is 0 Å². The van der Waals surface area contributed by atoms with Gasteiger partial charge in [0.05, 0.1) is 0 Å². The lowest BCUT2D eigenvalue weighted by molar-refractivity contribution is 0.0816. The maximum absolute atomic E-state index is 12.9. The fraction of sp³-hybridized carbons (Fsp3) is 0.0952. The average Bonchev–Trinajstić information content (AvgIpc) is 2.70. The van der Waals surface area contributed by atoms with Gasteiger partial charge < -0.3 is 5.32 Å². The highest BCUT2D eigenvalue weighted by Crippen LogP contribution is 2.16. The van der Waals surface area contributed by atoms with Gasteiger partial charge in [-0.15, -0.1) is 0 Å². The molecule has 0 bridgehead atoms. The Bertz CT molecular complexity index is 782. The molecule has 3 rings (SSSR count). The minimum absolute atomic E-state index is 0.196. The average molecular weight is 330 g/mol. The quantitative estimate of drug-likeness (QED) is 0.528. The molecular formula is C21H18N2O2. The fourth-order valence-corrected chi connectivity index (χ4v) is 2.59. The zero-order valence-corrected chi connectivity index (χ0v) is 13.6. The van der Waals surface area contributed by atoms with Crippen LogP contribution < -0.4 is 5.32 Å². The van der Waals surface area contributed by atoms with E-state index in [-0.39, 0.29) is 18.1 Å². The molecule has 2 aromatic carbocycles. The molecule has 0 amide bonds. The number of nitrogens with zero attached hydrogens (tertiary/aromatic N) is 1. The molecule has 0 aliphatic rings. The molecule has 1 unspecified atom stereocenters. The molecule has 1 N–H and O–H groups in total. The van der Waals surface area contributed by atoms with E-state index >= 15 is 0 Å². The summed E-state index contributed by atoms with van der Waals surface area (Å²) in [5.74, 6) is -1.24. The summed E-state index contributed by atoms with van der Waals surface area (Å²) in [6.45, 7) is 0.228. The maximum Gasteiger partial charge on any atom is 0.177 e. The summed E-state index contributed by atoms with van der Waals surface area (Å²) in [5.41, 5.74) is 1.83. The molecule has 0 radical (unpaired) electrons. The van der Waals surface area contributed by atoms with Crippen molar-refractivity contribution in [3.63, 3.8) is 0 Å². The lowest BCUT2D eigenvalue weighted by atomic mass is 9.90. The van der Waals surface area contributed by atoms with Crippen molar-refractivity contribution in [2.45, 2.75) is 0 Å². The van der Waals surface area contributed by atoms with Crippen molar-refractivity contribution in [1.82, 2.24) is 4.98 Å². The number of carbonyl (C=O) groups is 2. The number of hydrogen-bond donors (Lipinski definition) is 1. The number of ketones is 2. The summed E-state index contributed by atoms with van der Waals surface area (Å²) in [4.78, 5) is 29.8. The van der Waals surface area contributed by atoms with Crippen LogP contribution in [0.5, 0.6) is 0 Å².